The Balaban J connectivity index is 1.65. The number of ketones is 2. The van der Waals surface area contributed by atoms with Gasteiger partial charge in [-0.3, -0.25) is 14.4 Å². The van der Waals surface area contributed by atoms with Crippen molar-refractivity contribution in [3.05, 3.63) is 99.8 Å². The van der Waals surface area contributed by atoms with Gasteiger partial charge in [-0.05, 0) is 48.9 Å². The summed E-state index contributed by atoms with van der Waals surface area (Å²) in [6, 6.07) is 17.1. The summed E-state index contributed by atoms with van der Waals surface area (Å²) in [6.45, 7) is 1.45. The highest BCUT2D eigenvalue weighted by Gasteiger charge is 2.69. The molecule has 1 spiro atoms. The highest BCUT2D eigenvalue weighted by Crippen LogP contribution is 2.57. The Morgan fingerprint density at radius 3 is 2.54 bits per heavy atom. The summed E-state index contributed by atoms with van der Waals surface area (Å²) in [5, 5.41) is 2.97. The van der Waals surface area contributed by atoms with E-state index in [-0.39, 0.29) is 17.5 Å². The SMILES string of the molecule is CC(=O)[C@@H]1[C@H](C(=O)c2ccc(Br)cc2)[C@]2(C(=O)Nc3ccccc32)[C@H]2C=Cc3cc(F)ccc3N12. The van der Waals surface area contributed by atoms with Gasteiger partial charge < -0.3 is 10.2 Å². The van der Waals surface area contributed by atoms with Crippen molar-refractivity contribution in [2.24, 2.45) is 5.92 Å². The Labute approximate surface area is 209 Å². The van der Waals surface area contributed by atoms with Crippen LogP contribution < -0.4 is 10.2 Å². The minimum atomic E-state index is -1.33. The van der Waals surface area contributed by atoms with E-state index in [1.807, 2.05) is 35.2 Å². The number of benzene rings is 3. The van der Waals surface area contributed by atoms with Crippen molar-refractivity contribution in [2.45, 2.75) is 24.4 Å². The van der Waals surface area contributed by atoms with E-state index in [9.17, 15) is 18.8 Å². The first-order chi connectivity index (χ1) is 16.8. The van der Waals surface area contributed by atoms with Gasteiger partial charge in [-0.2, -0.15) is 0 Å². The molecule has 1 saturated heterocycles. The number of carbonyl (C=O) groups excluding carboxylic acids is 3. The maximum absolute atomic E-state index is 14.2. The van der Waals surface area contributed by atoms with Crippen molar-refractivity contribution < 1.29 is 18.8 Å². The Hall–Kier alpha value is -3.58. The average molecular weight is 531 g/mol. The molecule has 7 heteroatoms. The van der Waals surface area contributed by atoms with Crippen molar-refractivity contribution >= 4 is 50.9 Å². The Kier molecular flexibility index (Phi) is 4.83. The maximum Gasteiger partial charge on any atom is 0.238 e. The van der Waals surface area contributed by atoms with Crippen molar-refractivity contribution in [1.82, 2.24) is 0 Å². The number of nitrogens with zero attached hydrogens (tertiary/aromatic N) is 1. The Morgan fingerprint density at radius 1 is 1.06 bits per heavy atom. The molecule has 0 aromatic heterocycles. The minimum absolute atomic E-state index is 0.231. The normalized spacial score (nSPS) is 25.7. The lowest BCUT2D eigenvalue weighted by Gasteiger charge is -2.37. The van der Waals surface area contributed by atoms with Crippen LogP contribution in [0.1, 0.15) is 28.4 Å². The molecule has 0 bridgehead atoms. The third kappa shape index (κ3) is 2.94. The molecule has 3 aliphatic heterocycles. The fourth-order valence-corrected chi connectivity index (χ4v) is 6.36. The average Bonchev–Trinajstić information content (AvgIpc) is 3.32. The van der Waals surface area contributed by atoms with Crippen molar-refractivity contribution in [3.63, 3.8) is 0 Å². The first-order valence-electron chi connectivity index (χ1n) is 11.3. The molecular weight excluding hydrogens is 511 g/mol. The number of Topliss-reactive ketones (excluding diaryl/α,β-unsaturated/α-hetero) is 2. The molecule has 3 aliphatic rings. The lowest BCUT2D eigenvalue weighted by Crippen LogP contribution is -2.51. The molecular formula is C28H20BrFN2O3. The smallest absolute Gasteiger partial charge is 0.238 e. The number of amides is 1. The Bertz CT molecular complexity index is 1450. The van der Waals surface area contributed by atoms with E-state index in [1.54, 1.807) is 36.4 Å². The van der Waals surface area contributed by atoms with E-state index in [0.717, 1.165) is 4.47 Å². The predicted octanol–water partition coefficient (Wildman–Crippen LogP) is 5.15. The molecule has 35 heavy (non-hydrogen) atoms. The number of hydrogen-bond donors (Lipinski definition) is 1. The first kappa shape index (κ1) is 21.9. The van der Waals surface area contributed by atoms with E-state index in [1.165, 1.54) is 19.1 Å². The van der Waals surface area contributed by atoms with Gasteiger partial charge in [0.15, 0.2) is 11.6 Å². The van der Waals surface area contributed by atoms with E-state index >= 15 is 0 Å². The van der Waals surface area contributed by atoms with Gasteiger partial charge in [0.05, 0.1) is 18.0 Å². The summed E-state index contributed by atoms with van der Waals surface area (Å²) in [5.41, 5.74) is 1.64. The maximum atomic E-state index is 14.2. The molecule has 0 radical (unpaired) electrons. The third-order valence-corrected chi connectivity index (χ3v) is 7.95. The van der Waals surface area contributed by atoms with Crippen LogP contribution in [0, 0.1) is 11.7 Å². The van der Waals surface area contributed by atoms with Crippen molar-refractivity contribution in [1.29, 1.82) is 0 Å². The highest BCUT2D eigenvalue weighted by atomic mass is 79.9. The Morgan fingerprint density at radius 2 is 1.80 bits per heavy atom. The molecule has 1 fully saturated rings. The molecule has 1 N–H and O–H groups in total. The summed E-state index contributed by atoms with van der Waals surface area (Å²) >= 11 is 3.40. The summed E-state index contributed by atoms with van der Waals surface area (Å²) in [7, 11) is 0. The van der Waals surface area contributed by atoms with Crippen molar-refractivity contribution in [3.8, 4) is 0 Å². The molecule has 5 nitrogen and oxygen atoms in total. The number of carbonyl (C=O) groups is 3. The van der Waals surface area contributed by atoms with Gasteiger partial charge in [0, 0.05) is 27.0 Å². The van der Waals surface area contributed by atoms with E-state index < -0.39 is 29.2 Å². The number of fused-ring (bicyclic) bond motifs is 6. The number of rotatable bonds is 3. The fraction of sp³-hybridized carbons (Fsp3) is 0.179. The van der Waals surface area contributed by atoms with Gasteiger partial charge >= 0.3 is 0 Å². The highest BCUT2D eigenvalue weighted by molar-refractivity contribution is 9.10. The molecule has 0 aliphatic carbocycles. The van der Waals surface area contributed by atoms with Crippen LogP contribution in [0.15, 0.2) is 77.3 Å². The van der Waals surface area contributed by atoms with Crippen LogP contribution in [0.5, 0.6) is 0 Å². The second-order valence-electron chi connectivity index (χ2n) is 9.19. The molecule has 3 aromatic carbocycles. The van der Waals surface area contributed by atoms with Gasteiger partial charge in [-0.1, -0.05) is 58.4 Å². The van der Waals surface area contributed by atoms with Gasteiger partial charge in [-0.15, -0.1) is 0 Å². The predicted molar refractivity (Wildman–Crippen MR) is 135 cm³/mol. The zero-order valence-corrected chi connectivity index (χ0v) is 20.3. The summed E-state index contributed by atoms with van der Waals surface area (Å²) in [5.74, 6) is -2.22. The molecule has 4 atom stereocenters. The van der Waals surface area contributed by atoms with Crippen LogP contribution in [0.2, 0.25) is 0 Å². The minimum Gasteiger partial charge on any atom is -0.352 e. The summed E-state index contributed by atoms with van der Waals surface area (Å²) < 4.78 is 14.9. The topological polar surface area (TPSA) is 66.5 Å². The van der Waals surface area contributed by atoms with Gasteiger partial charge in [0.25, 0.3) is 0 Å². The monoisotopic (exact) mass is 530 g/mol. The van der Waals surface area contributed by atoms with Crippen molar-refractivity contribution in [2.75, 3.05) is 10.2 Å². The van der Waals surface area contributed by atoms with Gasteiger partial charge in [0.1, 0.15) is 11.2 Å². The molecule has 3 heterocycles. The molecule has 1 amide bonds. The molecule has 0 unspecified atom stereocenters. The number of nitrogens with one attached hydrogen (secondary N) is 1. The standard InChI is InChI=1S/C28H20BrFN2O3/c1-15(33)25-24(26(34)16-6-9-18(29)10-7-16)28(20-4-2-3-5-21(20)31-27(28)35)23-13-8-17-14-19(30)11-12-22(17)32(23)25/h2-14,23-25H,1H3,(H,31,35)/t23-,24-,25-,28-/m1/s1. The second kappa shape index (κ2) is 7.71. The third-order valence-electron chi connectivity index (χ3n) is 7.42. The number of halogens is 2. The van der Waals surface area contributed by atoms with E-state index in [4.69, 9.17) is 0 Å². The number of anilines is 2. The van der Waals surface area contributed by atoms with Gasteiger partial charge in [-0.25, -0.2) is 4.39 Å². The largest absolute Gasteiger partial charge is 0.352 e. The molecule has 6 rings (SSSR count). The number of para-hydroxylation sites is 1. The molecule has 174 valence electrons. The summed E-state index contributed by atoms with van der Waals surface area (Å²) in [6.07, 6.45) is 3.60. The van der Waals surface area contributed by atoms with Crippen LogP contribution in [0.25, 0.3) is 6.08 Å². The first-order valence-corrected chi connectivity index (χ1v) is 12.1. The van der Waals surface area contributed by atoms with Crippen LogP contribution in [0.3, 0.4) is 0 Å². The van der Waals surface area contributed by atoms with E-state index in [2.05, 4.69) is 21.2 Å². The molecule has 0 saturated carbocycles. The second-order valence-corrected chi connectivity index (χ2v) is 10.1. The number of hydrogen-bond acceptors (Lipinski definition) is 4. The lowest BCUT2D eigenvalue weighted by molar-refractivity contribution is -0.122. The lowest BCUT2D eigenvalue weighted by atomic mass is 9.64. The van der Waals surface area contributed by atoms with Crippen LogP contribution >= 0.6 is 15.9 Å². The zero-order chi connectivity index (χ0) is 24.5. The van der Waals surface area contributed by atoms with E-state index in [0.29, 0.717) is 28.1 Å². The van der Waals surface area contributed by atoms with Crippen LogP contribution in [-0.2, 0) is 15.0 Å². The van der Waals surface area contributed by atoms with Crippen LogP contribution in [0.4, 0.5) is 15.8 Å². The fourth-order valence-electron chi connectivity index (χ4n) is 6.10. The zero-order valence-electron chi connectivity index (χ0n) is 18.7. The molecule has 3 aromatic rings. The summed E-state index contributed by atoms with van der Waals surface area (Å²) in [4.78, 5) is 43.3. The quantitative estimate of drug-likeness (QED) is 0.475. The van der Waals surface area contributed by atoms with Gasteiger partial charge in [0.2, 0.25) is 5.91 Å². The van der Waals surface area contributed by atoms with Crippen LogP contribution in [-0.4, -0.2) is 29.6 Å².